The molecule has 1 atom stereocenters. The number of aromatic nitrogens is 3. The van der Waals surface area contributed by atoms with E-state index < -0.39 is 11.9 Å². The summed E-state index contributed by atoms with van der Waals surface area (Å²) >= 11 is 5.98. The van der Waals surface area contributed by atoms with Crippen LogP contribution in [0.15, 0.2) is 55.0 Å². The van der Waals surface area contributed by atoms with Gasteiger partial charge >= 0.3 is 0 Å². The molecule has 0 fully saturated rings. The number of hydrogen-bond donors (Lipinski definition) is 1. The first-order chi connectivity index (χ1) is 10.6. The first-order valence-electron chi connectivity index (χ1n) is 6.70. The van der Waals surface area contributed by atoms with Crippen molar-refractivity contribution in [1.82, 2.24) is 14.8 Å². The van der Waals surface area contributed by atoms with Gasteiger partial charge in [-0.3, -0.25) is 9.67 Å². The van der Waals surface area contributed by atoms with Gasteiger partial charge in [-0.2, -0.15) is 5.10 Å². The second kappa shape index (κ2) is 6.25. The molecule has 0 saturated heterocycles. The number of hydrogen-bond acceptors (Lipinski definition) is 3. The monoisotopic (exact) mass is 317 g/mol. The normalized spacial score (nSPS) is 12.3. The highest BCUT2D eigenvalue weighted by Gasteiger charge is 2.15. The third-order valence-electron chi connectivity index (χ3n) is 3.34. The van der Waals surface area contributed by atoms with Crippen molar-refractivity contribution in [3.05, 3.63) is 71.4 Å². The van der Waals surface area contributed by atoms with Crippen molar-refractivity contribution in [2.24, 2.45) is 0 Å². The van der Waals surface area contributed by atoms with E-state index >= 15 is 0 Å². The summed E-state index contributed by atoms with van der Waals surface area (Å²) in [4.78, 5) is 4.08. The lowest BCUT2D eigenvalue weighted by molar-refractivity contribution is 0.152. The minimum absolute atomic E-state index is 0.197. The van der Waals surface area contributed by atoms with Gasteiger partial charge in [-0.05, 0) is 30.3 Å². The maximum atomic E-state index is 13.1. The number of benzene rings is 1. The zero-order valence-corrected chi connectivity index (χ0v) is 12.3. The second-order valence-electron chi connectivity index (χ2n) is 4.82. The van der Waals surface area contributed by atoms with Gasteiger partial charge in [-0.25, -0.2) is 4.39 Å². The van der Waals surface area contributed by atoms with Crippen LogP contribution in [-0.2, 0) is 6.54 Å². The van der Waals surface area contributed by atoms with Crippen molar-refractivity contribution in [2.45, 2.75) is 12.6 Å². The molecule has 0 unspecified atom stereocenters. The average molecular weight is 318 g/mol. The number of aliphatic hydroxyl groups excluding tert-OH is 1. The van der Waals surface area contributed by atoms with E-state index in [9.17, 15) is 9.50 Å². The van der Waals surface area contributed by atoms with Gasteiger partial charge in [0.15, 0.2) is 0 Å². The Morgan fingerprint density at radius 1 is 1.23 bits per heavy atom. The molecule has 1 N–H and O–H groups in total. The maximum Gasteiger partial charge on any atom is 0.124 e. The molecule has 22 heavy (non-hydrogen) atoms. The van der Waals surface area contributed by atoms with E-state index in [1.54, 1.807) is 23.3 Å². The van der Waals surface area contributed by atoms with E-state index in [2.05, 4.69) is 10.1 Å². The van der Waals surface area contributed by atoms with Crippen molar-refractivity contribution in [3.63, 3.8) is 0 Å². The lowest BCUT2D eigenvalue weighted by Gasteiger charge is -2.15. The highest BCUT2D eigenvalue weighted by atomic mass is 35.5. The van der Waals surface area contributed by atoms with Crippen LogP contribution in [0.3, 0.4) is 0 Å². The molecule has 3 aromatic rings. The van der Waals surface area contributed by atoms with Crippen LogP contribution < -0.4 is 0 Å². The van der Waals surface area contributed by atoms with Gasteiger partial charge in [-0.1, -0.05) is 17.7 Å². The van der Waals surface area contributed by atoms with E-state index in [-0.39, 0.29) is 11.6 Å². The molecular formula is C16H13ClFN3O. The number of pyridine rings is 1. The molecule has 0 radical (unpaired) electrons. The summed E-state index contributed by atoms with van der Waals surface area (Å²) in [6.45, 7) is 0.211. The predicted molar refractivity (Wildman–Crippen MR) is 81.8 cm³/mol. The van der Waals surface area contributed by atoms with Crippen LogP contribution in [0.25, 0.3) is 11.3 Å². The Kier molecular flexibility index (Phi) is 4.18. The van der Waals surface area contributed by atoms with E-state index in [1.165, 1.54) is 18.2 Å². The number of aliphatic hydroxyl groups is 1. The maximum absolute atomic E-state index is 13.1. The largest absolute Gasteiger partial charge is 0.386 e. The summed E-state index contributed by atoms with van der Waals surface area (Å²) < 4.78 is 14.8. The minimum atomic E-state index is -0.886. The zero-order valence-electron chi connectivity index (χ0n) is 11.5. The first kappa shape index (κ1) is 14.7. The van der Waals surface area contributed by atoms with Crippen molar-refractivity contribution in [2.75, 3.05) is 0 Å². The van der Waals surface area contributed by atoms with Crippen molar-refractivity contribution < 1.29 is 9.50 Å². The Labute approximate surface area is 131 Å². The SMILES string of the molecule is O[C@@H](Cn1nccc1-c1cccnc1)c1ccc(F)cc1Cl. The molecule has 2 aromatic heterocycles. The smallest absolute Gasteiger partial charge is 0.124 e. The Hall–Kier alpha value is -2.24. The van der Waals surface area contributed by atoms with Crippen LogP contribution in [-0.4, -0.2) is 19.9 Å². The van der Waals surface area contributed by atoms with E-state index in [0.717, 1.165) is 11.3 Å². The fourth-order valence-corrected chi connectivity index (χ4v) is 2.56. The second-order valence-corrected chi connectivity index (χ2v) is 5.23. The molecule has 6 heteroatoms. The summed E-state index contributed by atoms with van der Waals surface area (Å²) in [5.41, 5.74) is 2.21. The van der Waals surface area contributed by atoms with Crippen LogP contribution in [0.4, 0.5) is 4.39 Å². The Morgan fingerprint density at radius 3 is 2.82 bits per heavy atom. The van der Waals surface area contributed by atoms with Gasteiger partial charge in [0.1, 0.15) is 11.9 Å². The molecule has 4 nitrogen and oxygen atoms in total. The van der Waals surface area contributed by atoms with E-state index in [0.29, 0.717) is 5.56 Å². The highest BCUT2D eigenvalue weighted by Crippen LogP contribution is 2.26. The lowest BCUT2D eigenvalue weighted by atomic mass is 10.1. The predicted octanol–water partition coefficient (Wildman–Crippen LogP) is 3.47. The number of halogens is 2. The van der Waals surface area contributed by atoms with E-state index in [1.807, 2.05) is 18.2 Å². The third-order valence-corrected chi connectivity index (χ3v) is 3.67. The molecule has 0 saturated carbocycles. The van der Waals surface area contributed by atoms with Gasteiger partial charge < -0.3 is 5.11 Å². The van der Waals surface area contributed by atoms with Crippen molar-refractivity contribution >= 4 is 11.6 Å². The summed E-state index contributed by atoms with van der Waals surface area (Å²) in [6.07, 6.45) is 4.19. The van der Waals surface area contributed by atoms with Gasteiger partial charge in [-0.15, -0.1) is 0 Å². The standard InChI is InChI=1S/C16H13ClFN3O/c17-14-8-12(18)3-4-13(14)16(22)10-21-15(5-7-20-21)11-2-1-6-19-9-11/h1-9,16,22H,10H2/t16-/m0/s1. The van der Waals surface area contributed by atoms with Gasteiger partial charge in [0.2, 0.25) is 0 Å². The van der Waals surface area contributed by atoms with Crippen molar-refractivity contribution in [1.29, 1.82) is 0 Å². The Bertz CT molecular complexity index is 776. The molecular weight excluding hydrogens is 305 g/mol. The molecule has 0 aliphatic carbocycles. The van der Waals surface area contributed by atoms with Crippen molar-refractivity contribution in [3.8, 4) is 11.3 Å². The number of rotatable bonds is 4. The van der Waals surface area contributed by atoms with Crippen LogP contribution in [0.2, 0.25) is 5.02 Å². The van der Waals surface area contributed by atoms with Gasteiger partial charge in [0.25, 0.3) is 0 Å². The fourth-order valence-electron chi connectivity index (χ4n) is 2.27. The summed E-state index contributed by atoms with van der Waals surface area (Å²) in [7, 11) is 0. The molecule has 0 spiro atoms. The topological polar surface area (TPSA) is 50.9 Å². The molecule has 0 aliphatic heterocycles. The van der Waals surface area contributed by atoms with Crippen LogP contribution in [0, 0.1) is 5.82 Å². The minimum Gasteiger partial charge on any atom is -0.386 e. The first-order valence-corrected chi connectivity index (χ1v) is 7.08. The lowest BCUT2D eigenvalue weighted by Crippen LogP contribution is -2.11. The third kappa shape index (κ3) is 3.00. The number of nitrogens with zero attached hydrogens (tertiary/aromatic N) is 3. The molecule has 0 aliphatic rings. The summed E-state index contributed by atoms with van der Waals surface area (Å²) in [5.74, 6) is -0.434. The molecule has 1 aromatic carbocycles. The van der Waals surface area contributed by atoms with Gasteiger partial charge in [0, 0.05) is 34.7 Å². The summed E-state index contributed by atoms with van der Waals surface area (Å²) in [5, 5.41) is 14.8. The van der Waals surface area contributed by atoms with E-state index in [4.69, 9.17) is 11.6 Å². The highest BCUT2D eigenvalue weighted by molar-refractivity contribution is 6.31. The molecule has 0 amide bonds. The summed E-state index contributed by atoms with van der Waals surface area (Å²) in [6, 6.07) is 9.53. The Morgan fingerprint density at radius 2 is 2.09 bits per heavy atom. The van der Waals surface area contributed by atoms with Crippen LogP contribution >= 0.6 is 11.6 Å². The fraction of sp³-hybridized carbons (Fsp3) is 0.125. The molecule has 112 valence electrons. The Balaban J connectivity index is 1.86. The molecule has 3 rings (SSSR count). The van der Waals surface area contributed by atoms with Crippen LogP contribution in [0.1, 0.15) is 11.7 Å². The van der Waals surface area contributed by atoms with Crippen LogP contribution in [0.5, 0.6) is 0 Å². The zero-order chi connectivity index (χ0) is 15.5. The quantitative estimate of drug-likeness (QED) is 0.801. The van der Waals surface area contributed by atoms with Gasteiger partial charge in [0.05, 0.1) is 12.2 Å². The molecule has 0 bridgehead atoms. The molecule has 2 heterocycles. The average Bonchev–Trinajstić information content (AvgIpc) is 2.96.